The molecule has 3 aliphatic rings. The van der Waals surface area contributed by atoms with E-state index in [0.717, 1.165) is 19.4 Å². The van der Waals surface area contributed by atoms with E-state index >= 15 is 0 Å². The number of rotatable bonds is 5. The summed E-state index contributed by atoms with van der Waals surface area (Å²) >= 11 is 0. The number of esters is 1. The van der Waals surface area contributed by atoms with Crippen molar-refractivity contribution in [2.75, 3.05) is 17.1 Å². The molecule has 214 valence electrons. The Morgan fingerprint density at radius 3 is 2.33 bits per heavy atom. The molecule has 0 bridgehead atoms. The average molecular weight is 557 g/mol. The summed E-state index contributed by atoms with van der Waals surface area (Å²) < 4.78 is 5.34. The molecule has 4 aromatic carbocycles. The molecule has 1 heterocycles. The third-order valence-corrected chi connectivity index (χ3v) is 10.5. The molecule has 7 rings (SSSR count). The van der Waals surface area contributed by atoms with E-state index in [1.165, 1.54) is 100 Å². The molecule has 0 radical (unpaired) electrons. The Morgan fingerprint density at radius 2 is 1.62 bits per heavy atom. The predicted molar refractivity (Wildman–Crippen MR) is 175 cm³/mol. The zero-order chi connectivity index (χ0) is 29.0. The summed E-state index contributed by atoms with van der Waals surface area (Å²) in [5.41, 5.74) is 11.7. The van der Waals surface area contributed by atoms with Crippen LogP contribution in [-0.4, -0.2) is 20.1 Å². The Balaban J connectivity index is 1.46. The lowest BCUT2D eigenvalue weighted by atomic mass is 9.56. The van der Waals surface area contributed by atoms with E-state index in [1.54, 1.807) is 0 Å². The molecule has 42 heavy (non-hydrogen) atoms. The van der Waals surface area contributed by atoms with E-state index in [9.17, 15) is 4.79 Å². The van der Waals surface area contributed by atoms with Crippen LogP contribution in [0.5, 0.6) is 0 Å². The van der Waals surface area contributed by atoms with Crippen LogP contribution in [0.2, 0.25) is 0 Å². The van der Waals surface area contributed by atoms with Gasteiger partial charge < -0.3 is 14.8 Å². The number of benzene rings is 4. The molecule has 1 fully saturated rings. The number of carbonyl (C=O) groups is 1. The minimum Gasteiger partial charge on any atom is -0.469 e. The first-order chi connectivity index (χ1) is 20.4. The minimum absolute atomic E-state index is 0.0170. The number of hydrogen-bond donors (Lipinski definition) is 1. The summed E-state index contributed by atoms with van der Waals surface area (Å²) in [4.78, 5) is 15.7. The number of anilines is 2. The zero-order valence-electron chi connectivity index (χ0n) is 25.4. The van der Waals surface area contributed by atoms with Crippen molar-refractivity contribution in [3.8, 4) is 0 Å². The maximum atomic E-state index is 13.1. The Morgan fingerprint density at radius 1 is 0.929 bits per heavy atom. The van der Waals surface area contributed by atoms with Gasteiger partial charge in [0.2, 0.25) is 0 Å². The molecule has 0 spiro atoms. The average Bonchev–Trinajstić information content (AvgIpc) is 3.40. The molecule has 0 amide bonds. The summed E-state index contributed by atoms with van der Waals surface area (Å²) in [5.74, 6) is 0.441. The van der Waals surface area contributed by atoms with Crippen LogP contribution in [0.15, 0.2) is 66.7 Å². The summed E-state index contributed by atoms with van der Waals surface area (Å²) in [5, 5.41) is 6.63. The highest BCUT2D eigenvalue weighted by Gasteiger charge is 2.46. The third kappa shape index (κ3) is 4.32. The van der Waals surface area contributed by atoms with Crippen LogP contribution in [0, 0.1) is 19.3 Å². The minimum atomic E-state index is -0.517. The number of nitrogens with zero attached hydrogens (tertiary/aromatic N) is 1. The quantitative estimate of drug-likeness (QED) is 0.203. The van der Waals surface area contributed by atoms with Crippen molar-refractivity contribution in [2.24, 2.45) is 5.41 Å². The molecule has 1 N–H and O–H groups in total. The third-order valence-electron chi connectivity index (χ3n) is 10.5. The standard InChI is InChI=1S/C37H41BN2O2/c1-24-29-21-37(3,36(41)42-4)22-30(29)25(2)35(33(24)27-15-9-6-10-16-27)38-39-31-19-11-17-28-18-12-20-32(34(28)31)40(38)23-26-13-7-5-8-14-26/h5,7-8,11-14,17-20,27,39H,6,9-10,15-16,21-23H2,1-4H3. The normalized spacial score (nSPS) is 20.0. The van der Waals surface area contributed by atoms with Crippen LogP contribution in [0.3, 0.4) is 0 Å². The number of ether oxygens (including phenoxy) is 1. The van der Waals surface area contributed by atoms with Gasteiger partial charge in [0.05, 0.1) is 12.5 Å². The summed E-state index contributed by atoms with van der Waals surface area (Å²) in [6.07, 6.45) is 7.86. The molecule has 1 saturated carbocycles. The number of carbonyl (C=O) groups excluding carboxylic acids is 1. The lowest BCUT2D eigenvalue weighted by molar-refractivity contribution is -0.151. The van der Waals surface area contributed by atoms with Gasteiger partial charge in [-0.15, -0.1) is 0 Å². The van der Waals surface area contributed by atoms with Gasteiger partial charge in [-0.1, -0.05) is 73.9 Å². The highest BCUT2D eigenvalue weighted by molar-refractivity contribution is 6.81. The summed E-state index contributed by atoms with van der Waals surface area (Å²) in [6.45, 7) is 7.55. The van der Waals surface area contributed by atoms with Crippen molar-refractivity contribution in [2.45, 2.75) is 78.2 Å². The van der Waals surface area contributed by atoms with Crippen LogP contribution in [0.1, 0.15) is 78.3 Å². The Labute approximate surface area is 250 Å². The topological polar surface area (TPSA) is 41.6 Å². The molecule has 0 aromatic heterocycles. The highest BCUT2D eigenvalue weighted by Crippen LogP contribution is 2.46. The lowest BCUT2D eigenvalue weighted by Gasteiger charge is -2.41. The van der Waals surface area contributed by atoms with Crippen molar-refractivity contribution in [3.63, 3.8) is 0 Å². The summed E-state index contributed by atoms with van der Waals surface area (Å²) in [7, 11) is 1.53. The molecule has 2 aliphatic carbocycles. The van der Waals surface area contributed by atoms with E-state index in [2.05, 4.69) is 97.5 Å². The maximum Gasteiger partial charge on any atom is 0.409 e. The fraction of sp³-hybridized carbons (Fsp3) is 0.378. The van der Waals surface area contributed by atoms with Crippen molar-refractivity contribution in [1.82, 2.24) is 0 Å². The molecular weight excluding hydrogens is 515 g/mol. The Bertz CT molecular complexity index is 1670. The van der Waals surface area contributed by atoms with Gasteiger partial charge in [-0.2, -0.15) is 0 Å². The smallest absolute Gasteiger partial charge is 0.409 e. The SMILES string of the molecule is COC(=O)C1(C)Cc2c(C)c(B3Nc4cccc5cccc(c45)N3Cc3ccccc3)c(C3CCCCC3)c(C)c2C1. The first-order valence-corrected chi connectivity index (χ1v) is 15.7. The van der Waals surface area contributed by atoms with E-state index in [4.69, 9.17) is 4.74 Å². The van der Waals surface area contributed by atoms with E-state index in [1.807, 2.05) is 0 Å². The highest BCUT2D eigenvalue weighted by atomic mass is 16.5. The number of hydrogen-bond acceptors (Lipinski definition) is 4. The lowest BCUT2D eigenvalue weighted by Crippen LogP contribution is -2.58. The Hall–Kier alpha value is -3.73. The van der Waals surface area contributed by atoms with E-state index in [0.29, 0.717) is 5.92 Å². The molecule has 1 aliphatic heterocycles. The van der Waals surface area contributed by atoms with Gasteiger partial charge in [-0.25, -0.2) is 0 Å². The fourth-order valence-electron chi connectivity index (χ4n) is 8.39. The second-order valence-corrected chi connectivity index (χ2v) is 13.1. The van der Waals surface area contributed by atoms with Crippen LogP contribution >= 0.6 is 0 Å². The van der Waals surface area contributed by atoms with Crippen molar-refractivity contribution >= 4 is 40.6 Å². The van der Waals surface area contributed by atoms with Crippen LogP contribution < -0.4 is 15.5 Å². The van der Waals surface area contributed by atoms with E-state index < -0.39 is 5.41 Å². The fourth-order valence-corrected chi connectivity index (χ4v) is 8.39. The van der Waals surface area contributed by atoms with Crippen molar-refractivity contribution in [1.29, 1.82) is 0 Å². The first-order valence-electron chi connectivity index (χ1n) is 15.7. The van der Waals surface area contributed by atoms with Gasteiger partial charge in [0.1, 0.15) is 0 Å². The van der Waals surface area contributed by atoms with Crippen molar-refractivity contribution in [3.05, 3.63) is 100 Å². The van der Waals surface area contributed by atoms with Gasteiger partial charge in [-0.3, -0.25) is 4.79 Å². The number of methoxy groups -OCH3 is 1. The van der Waals surface area contributed by atoms with Gasteiger partial charge >= 0.3 is 13.0 Å². The molecule has 4 aromatic rings. The molecule has 1 atom stereocenters. The van der Waals surface area contributed by atoms with Crippen LogP contribution in [0.25, 0.3) is 10.8 Å². The van der Waals surface area contributed by atoms with Gasteiger partial charge in [0.25, 0.3) is 0 Å². The maximum absolute atomic E-state index is 13.1. The van der Waals surface area contributed by atoms with E-state index in [-0.39, 0.29) is 13.0 Å². The molecule has 5 heteroatoms. The second kappa shape index (κ2) is 10.5. The van der Waals surface area contributed by atoms with Crippen LogP contribution in [0.4, 0.5) is 11.4 Å². The van der Waals surface area contributed by atoms with Gasteiger partial charge in [0.15, 0.2) is 0 Å². The number of fused-ring (bicyclic) bond motifs is 1. The monoisotopic (exact) mass is 556 g/mol. The molecule has 1 unspecified atom stereocenters. The first kappa shape index (κ1) is 27.1. The zero-order valence-corrected chi connectivity index (χ0v) is 25.4. The Kier molecular flexibility index (Phi) is 6.80. The molecule has 0 saturated heterocycles. The summed E-state index contributed by atoms with van der Waals surface area (Å²) in [6, 6.07) is 24.2. The molecule has 4 nitrogen and oxygen atoms in total. The number of nitrogens with one attached hydrogen (secondary N) is 1. The van der Waals surface area contributed by atoms with Crippen LogP contribution in [-0.2, 0) is 28.9 Å². The largest absolute Gasteiger partial charge is 0.469 e. The second-order valence-electron chi connectivity index (χ2n) is 13.1. The molecular formula is C37H41BN2O2. The van der Waals surface area contributed by atoms with Gasteiger partial charge in [-0.05, 0) is 109 Å². The van der Waals surface area contributed by atoms with Crippen molar-refractivity contribution < 1.29 is 9.53 Å². The van der Waals surface area contributed by atoms with Gasteiger partial charge in [0, 0.05) is 23.3 Å². The predicted octanol–water partition coefficient (Wildman–Crippen LogP) is 7.61.